The number of rotatable bonds is 10. The van der Waals surface area contributed by atoms with Crippen molar-refractivity contribution in [2.45, 2.75) is 57.5 Å². The van der Waals surface area contributed by atoms with Crippen molar-refractivity contribution >= 4 is 29.0 Å². The Bertz CT molecular complexity index is 1620. The average Bonchev–Trinajstić information content (AvgIpc) is 3.83. The first-order valence-corrected chi connectivity index (χ1v) is 14.4. The lowest BCUT2D eigenvalue weighted by atomic mass is 10.00. The zero-order chi connectivity index (χ0) is 29.2. The number of halogens is 3. The highest BCUT2D eigenvalue weighted by Crippen LogP contribution is 2.38. The van der Waals surface area contributed by atoms with Crippen LogP contribution in [0.15, 0.2) is 66.0 Å². The first-order valence-electron chi connectivity index (χ1n) is 14.4. The van der Waals surface area contributed by atoms with E-state index in [-0.39, 0.29) is 67.4 Å². The number of fused-ring (bicyclic) bond motifs is 1. The Labute approximate surface area is 255 Å². The standard InChI is InChI=1S/C32H35F2N5O3.ClH/c1-21-11-22(6-8-36-21)16-37(27-12-24(33)19-38(20-27)26-3-2-7-35-15-26)17-23-18-39(25-4-5-25)30-14-31(42-10-9-40)29(34)13-28(30)32(23)41;/h2-3,6-8,11,13-15,18,24-25,27,40H,4-5,9-10,12,16-17,19-20H2,1H3;1H/t24-,27-;/m0./s1. The SMILES string of the molecule is Cc1cc(CN(Cc2cn(C3CC3)c3cc(OCCO)c(F)cc3c2=O)[C@H]2C[C@H](F)CN(c3cccnc3)C2)ccn1.Cl. The topological polar surface area (TPSA) is 83.7 Å². The molecule has 1 N–H and O–H groups in total. The second kappa shape index (κ2) is 13.4. The molecule has 0 unspecified atom stereocenters. The van der Waals surface area contributed by atoms with Crippen molar-refractivity contribution in [2.75, 3.05) is 31.2 Å². The molecule has 1 saturated heterocycles. The molecule has 1 aliphatic heterocycles. The van der Waals surface area contributed by atoms with Gasteiger partial charge in [-0.05, 0) is 62.1 Å². The van der Waals surface area contributed by atoms with Gasteiger partial charge < -0.3 is 19.3 Å². The third-order valence-electron chi connectivity index (χ3n) is 8.07. The highest BCUT2D eigenvalue weighted by Gasteiger charge is 2.33. The molecule has 0 radical (unpaired) electrons. The van der Waals surface area contributed by atoms with Gasteiger partial charge in [-0.1, -0.05) is 0 Å². The van der Waals surface area contributed by atoms with Crippen molar-refractivity contribution in [3.05, 3.63) is 94.0 Å². The Morgan fingerprint density at radius 3 is 2.70 bits per heavy atom. The zero-order valence-corrected chi connectivity index (χ0v) is 24.8. The van der Waals surface area contributed by atoms with Crippen LogP contribution in [-0.4, -0.2) is 63.1 Å². The van der Waals surface area contributed by atoms with E-state index in [1.54, 1.807) is 24.7 Å². The van der Waals surface area contributed by atoms with E-state index in [2.05, 4.69) is 14.9 Å². The Balaban J connectivity index is 0.00000368. The summed E-state index contributed by atoms with van der Waals surface area (Å²) in [7, 11) is 0. The molecule has 0 spiro atoms. The summed E-state index contributed by atoms with van der Waals surface area (Å²) in [6.45, 7) is 3.31. The number of ether oxygens (including phenoxy) is 1. The Morgan fingerprint density at radius 1 is 1.14 bits per heavy atom. The molecule has 0 bridgehead atoms. The van der Waals surface area contributed by atoms with Gasteiger partial charge in [0, 0.05) is 79.6 Å². The normalized spacial score (nSPS) is 18.6. The molecule has 6 rings (SSSR count). The van der Waals surface area contributed by atoms with Gasteiger partial charge in [0.15, 0.2) is 17.0 Å². The number of alkyl halides is 1. The molecule has 2 aliphatic rings. The lowest BCUT2D eigenvalue weighted by molar-refractivity contribution is 0.121. The number of anilines is 1. The molecule has 2 atom stereocenters. The van der Waals surface area contributed by atoms with Gasteiger partial charge in [0.2, 0.25) is 0 Å². The summed E-state index contributed by atoms with van der Waals surface area (Å²) in [6, 6.07) is 10.6. The van der Waals surface area contributed by atoms with Crippen LogP contribution in [0.25, 0.3) is 10.9 Å². The Kier molecular flexibility index (Phi) is 9.59. The number of hydrogen-bond acceptors (Lipinski definition) is 7. The highest BCUT2D eigenvalue weighted by atomic mass is 35.5. The molecule has 1 saturated carbocycles. The van der Waals surface area contributed by atoms with E-state index >= 15 is 8.78 Å². The summed E-state index contributed by atoms with van der Waals surface area (Å²) in [5.41, 5.74) is 3.67. The van der Waals surface area contributed by atoms with Crippen LogP contribution in [0.5, 0.6) is 5.75 Å². The van der Waals surface area contributed by atoms with Crippen molar-refractivity contribution in [3.8, 4) is 5.75 Å². The van der Waals surface area contributed by atoms with Crippen LogP contribution in [0.1, 0.15) is 42.1 Å². The van der Waals surface area contributed by atoms with Gasteiger partial charge >= 0.3 is 0 Å². The molecule has 228 valence electrons. The van der Waals surface area contributed by atoms with Gasteiger partial charge in [-0.3, -0.25) is 19.7 Å². The number of nitrogens with zero attached hydrogens (tertiary/aromatic N) is 5. The van der Waals surface area contributed by atoms with E-state index in [0.717, 1.165) is 29.8 Å². The number of aromatic nitrogens is 3. The van der Waals surface area contributed by atoms with E-state index in [4.69, 9.17) is 9.84 Å². The number of pyridine rings is 3. The zero-order valence-electron chi connectivity index (χ0n) is 24.0. The molecule has 0 amide bonds. The van der Waals surface area contributed by atoms with Crippen LogP contribution < -0.4 is 15.1 Å². The minimum atomic E-state index is -1.04. The van der Waals surface area contributed by atoms with Gasteiger partial charge in [0.25, 0.3) is 0 Å². The van der Waals surface area contributed by atoms with Gasteiger partial charge in [-0.2, -0.15) is 0 Å². The largest absolute Gasteiger partial charge is 0.488 e. The number of piperidine rings is 1. The lowest BCUT2D eigenvalue weighted by Gasteiger charge is -2.41. The fraction of sp³-hybridized carbons (Fsp3) is 0.406. The number of aryl methyl sites for hydroxylation is 1. The molecular weight excluding hydrogens is 576 g/mol. The smallest absolute Gasteiger partial charge is 0.193 e. The quantitative estimate of drug-likeness (QED) is 0.271. The van der Waals surface area contributed by atoms with Crippen LogP contribution in [0.2, 0.25) is 0 Å². The minimum absolute atomic E-state index is 0. The van der Waals surface area contributed by atoms with Crippen molar-refractivity contribution < 1.29 is 18.6 Å². The van der Waals surface area contributed by atoms with E-state index in [1.807, 2.05) is 46.9 Å². The minimum Gasteiger partial charge on any atom is -0.488 e. The fourth-order valence-electron chi connectivity index (χ4n) is 5.94. The monoisotopic (exact) mass is 611 g/mol. The molecule has 43 heavy (non-hydrogen) atoms. The number of benzene rings is 1. The molecule has 3 aromatic heterocycles. The van der Waals surface area contributed by atoms with Crippen molar-refractivity contribution in [1.82, 2.24) is 19.4 Å². The summed E-state index contributed by atoms with van der Waals surface area (Å²) in [6.07, 6.45) is 8.32. The Morgan fingerprint density at radius 2 is 1.98 bits per heavy atom. The average molecular weight is 612 g/mol. The summed E-state index contributed by atoms with van der Waals surface area (Å²) in [4.78, 5) is 26.6. The summed E-state index contributed by atoms with van der Waals surface area (Å²) in [5.74, 6) is -0.629. The number of aliphatic hydroxyl groups excluding tert-OH is 1. The maximum absolute atomic E-state index is 15.3. The summed E-state index contributed by atoms with van der Waals surface area (Å²) < 4.78 is 37.7. The van der Waals surface area contributed by atoms with Crippen molar-refractivity contribution in [3.63, 3.8) is 0 Å². The predicted octanol–water partition coefficient (Wildman–Crippen LogP) is 4.99. The van der Waals surface area contributed by atoms with Crippen LogP contribution in [0.3, 0.4) is 0 Å². The van der Waals surface area contributed by atoms with Gasteiger partial charge in [0.05, 0.1) is 24.0 Å². The van der Waals surface area contributed by atoms with E-state index in [9.17, 15) is 4.79 Å². The molecule has 1 aromatic carbocycles. The third-order valence-corrected chi connectivity index (χ3v) is 8.07. The summed E-state index contributed by atoms with van der Waals surface area (Å²) in [5, 5.41) is 9.42. The molecule has 4 aromatic rings. The lowest BCUT2D eigenvalue weighted by Crippen LogP contribution is -2.51. The van der Waals surface area contributed by atoms with Gasteiger partial charge in [-0.25, -0.2) is 8.78 Å². The van der Waals surface area contributed by atoms with Gasteiger partial charge in [0.1, 0.15) is 12.8 Å². The summed E-state index contributed by atoms with van der Waals surface area (Å²) >= 11 is 0. The predicted molar refractivity (Wildman–Crippen MR) is 164 cm³/mol. The van der Waals surface area contributed by atoms with Crippen LogP contribution in [-0.2, 0) is 13.1 Å². The fourth-order valence-corrected chi connectivity index (χ4v) is 5.94. The van der Waals surface area contributed by atoms with E-state index in [1.165, 1.54) is 6.07 Å². The highest BCUT2D eigenvalue weighted by molar-refractivity contribution is 5.85. The second-order valence-corrected chi connectivity index (χ2v) is 11.3. The second-order valence-electron chi connectivity index (χ2n) is 11.3. The van der Waals surface area contributed by atoms with Crippen molar-refractivity contribution in [1.29, 1.82) is 0 Å². The molecule has 1 aliphatic carbocycles. The van der Waals surface area contributed by atoms with Crippen LogP contribution in [0, 0.1) is 12.7 Å². The molecular formula is C32H36ClF2N5O3. The van der Waals surface area contributed by atoms with E-state index < -0.39 is 12.0 Å². The van der Waals surface area contributed by atoms with E-state index in [0.29, 0.717) is 30.6 Å². The first-order chi connectivity index (χ1) is 20.4. The molecule has 8 nitrogen and oxygen atoms in total. The Hall–Kier alpha value is -3.60. The third kappa shape index (κ3) is 6.98. The number of hydrogen-bond donors (Lipinski definition) is 1. The maximum Gasteiger partial charge on any atom is 0.193 e. The molecule has 11 heteroatoms. The molecule has 2 fully saturated rings. The van der Waals surface area contributed by atoms with Gasteiger partial charge in [-0.15, -0.1) is 12.4 Å². The first kappa shape index (κ1) is 30.8. The van der Waals surface area contributed by atoms with Crippen LogP contribution in [0.4, 0.5) is 14.5 Å². The van der Waals surface area contributed by atoms with Crippen LogP contribution >= 0.6 is 12.4 Å². The van der Waals surface area contributed by atoms with Crippen molar-refractivity contribution in [2.24, 2.45) is 0 Å². The number of aliphatic hydroxyl groups is 1. The maximum atomic E-state index is 15.3. The molecule has 4 heterocycles.